The van der Waals surface area contributed by atoms with Crippen molar-refractivity contribution in [3.63, 3.8) is 0 Å². The number of likely N-dealkylation sites (tertiary alicyclic amines) is 1. The lowest BCUT2D eigenvalue weighted by atomic mass is 9.79. The van der Waals surface area contributed by atoms with Crippen molar-refractivity contribution in [2.24, 2.45) is 5.92 Å². The number of nitrogens with one attached hydrogen (secondary N) is 1. The largest absolute Gasteiger partial charge is 0.494 e. The minimum absolute atomic E-state index is 0.126. The first-order valence-corrected chi connectivity index (χ1v) is 10.0. The molecule has 2 bridgehead atoms. The quantitative estimate of drug-likeness (QED) is 0.779. The number of aromatic amines is 1. The van der Waals surface area contributed by atoms with Gasteiger partial charge in [-0.3, -0.25) is 4.90 Å². The number of benzene rings is 1. The maximum atomic E-state index is 11.8. The Morgan fingerprint density at radius 2 is 1.96 bits per heavy atom. The zero-order valence-electron chi connectivity index (χ0n) is 16.7. The average molecular weight is 383 g/mol. The fourth-order valence-corrected chi connectivity index (χ4v) is 4.93. The predicted octanol–water partition coefficient (Wildman–Crippen LogP) is 3.07. The molecule has 3 aliphatic rings. The number of fused-ring (bicyclic) bond motifs is 3. The van der Waals surface area contributed by atoms with Crippen LogP contribution in [0.2, 0.25) is 0 Å². The number of nitrogens with zero attached hydrogens (tertiary/aromatic N) is 2. The van der Waals surface area contributed by atoms with E-state index in [1.54, 1.807) is 4.90 Å². The second-order valence-electron chi connectivity index (χ2n) is 9.35. The standard InChI is InChI=1S/C20H26BN3O4/c1-19(2)20(3,4)28-21(27-19)12-6-8-14-15(10-12)23-17(22-14)16-11-5-7-13(9-11)24(16)18(25)26/h6,8,10-11,13,16H,5,7,9H2,1-4H3,(H,22,23)(H,25,26)/t11-,13+,16-/m1/s1. The van der Waals surface area contributed by atoms with Crippen LogP contribution >= 0.6 is 0 Å². The summed E-state index contributed by atoms with van der Waals surface area (Å²) >= 11 is 0. The highest BCUT2D eigenvalue weighted by Crippen LogP contribution is 2.49. The first-order chi connectivity index (χ1) is 13.2. The van der Waals surface area contributed by atoms with Gasteiger partial charge in [0.05, 0.1) is 28.3 Å². The maximum Gasteiger partial charge on any atom is 0.494 e. The van der Waals surface area contributed by atoms with E-state index >= 15 is 0 Å². The van der Waals surface area contributed by atoms with Gasteiger partial charge in [0, 0.05) is 6.04 Å². The molecule has 7 nitrogen and oxygen atoms in total. The van der Waals surface area contributed by atoms with Crippen LogP contribution in [0, 0.1) is 5.92 Å². The molecular formula is C20H26BN3O4. The lowest BCUT2D eigenvalue weighted by molar-refractivity contribution is 0.00578. The molecule has 1 aliphatic carbocycles. The number of amides is 1. The number of rotatable bonds is 2. The number of hydrogen-bond acceptors (Lipinski definition) is 4. The molecule has 2 aliphatic heterocycles. The number of carboxylic acid groups (broad SMARTS) is 1. The first kappa shape index (κ1) is 18.0. The van der Waals surface area contributed by atoms with Gasteiger partial charge in [-0.05, 0) is 70.5 Å². The van der Waals surface area contributed by atoms with Gasteiger partial charge in [0.25, 0.3) is 0 Å². The summed E-state index contributed by atoms with van der Waals surface area (Å²) in [5.74, 6) is 1.10. The molecule has 0 radical (unpaired) electrons. The van der Waals surface area contributed by atoms with Crippen molar-refractivity contribution in [2.45, 2.75) is 70.2 Å². The second kappa shape index (κ2) is 5.73. The van der Waals surface area contributed by atoms with Gasteiger partial charge in [-0.1, -0.05) is 6.07 Å². The third kappa shape index (κ3) is 2.50. The van der Waals surface area contributed by atoms with Crippen LogP contribution in [0.4, 0.5) is 4.79 Å². The Kier molecular flexibility index (Phi) is 3.69. The lowest BCUT2D eigenvalue weighted by Gasteiger charge is -2.32. The number of piperidine rings is 1. The number of H-pyrrole nitrogens is 1. The van der Waals surface area contributed by atoms with E-state index in [1.165, 1.54) is 0 Å². The molecule has 2 N–H and O–H groups in total. The summed E-state index contributed by atoms with van der Waals surface area (Å²) in [6.45, 7) is 8.15. The van der Waals surface area contributed by atoms with Crippen molar-refractivity contribution in [2.75, 3.05) is 0 Å². The number of aromatic nitrogens is 2. The van der Waals surface area contributed by atoms with Crippen molar-refractivity contribution in [1.29, 1.82) is 0 Å². The highest BCUT2D eigenvalue weighted by Gasteiger charge is 2.52. The molecular weight excluding hydrogens is 357 g/mol. The summed E-state index contributed by atoms with van der Waals surface area (Å²) in [6.07, 6.45) is 2.11. The van der Waals surface area contributed by atoms with E-state index in [9.17, 15) is 9.90 Å². The van der Waals surface area contributed by atoms with E-state index < -0.39 is 24.4 Å². The smallest absolute Gasteiger partial charge is 0.465 e. The average Bonchev–Trinajstić information content (AvgIpc) is 3.35. The van der Waals surface area contributed by atoms with E-state index in [1.807, 2.05) is 45.9 Å². The van der Waals surface area contributed by atoms with Gasteiger partial charge in [-0.15, -0.1) is 0 Å². The molecule has 1 aromatic carbocycles. The van der Waals surface area contributed by atoms with Crippen molar-refractivity contribution in [1.82, 2.24) is 14.9 Å². The summed E-state index contributed by atoms with van der Waals surface area (Å²) in [4.78, 5) is 21.5. The molecule has 1 amide bonds. The van der Waals surface area contributed by atoms with Crippen LogP contribution in [-0.2, 0) is 9.31 Å². The summed E-state index contributed by atoms with van der Waals surface area (Å²) in [7, 11) is -0.431. The van der Waals surface area contributed by atoms with Crippen molar-refractivity contribution in [3.05, 3.63) is 24.0 Å². The van der Waals surface area contributed by atoms with Crippen LogP contribution in [0.25, 0.3) is 11.0 Å². The normalized spacial score (nSPS) is 30.5. The van der Waals surface area contributed by atoms with Gasteiger partial charge in [0.15, 0.2) is 0 Å². The van der Waals surface area contributed by atoms with Crippen LogP contribution in [0.1, 0.15) is 58.8 Å². The Morgan fingerprint density at radius 3 is 2.64 bits per heavy atom. The van der Waals surface area contributed by atoms with Crippen LogP contribution < -0.4 is 5.46 Å². The lowest BCUT2D eigenvalue weighted by Crippen LogP contribution is -2.41. The monoisotopic (exact) mass is 383 g/mol. The van der Waals surface area contributed by atoms with Gasteiger partial charge < -0.3 is 19.4 Å². The molecule has 8 heteroatoms. The minimum atomic E-state index is -0.851. The highest BCUT2D eigenvalue weighted by molar-refractivity contribution is 6.62. The second-order valence-corrected chi connectivity index (χ2v) is 9.35. The molecule has 0 unspecified atom stereocenters. The number of carbonyl (C=O) groups is 1. The first-order valence-electron chi connectivity index (χ1n) is 10.0. The zero-order valence-corrected chi connectivity index (χ0v) is 16.7. The molecule has 3 atom stereocenters. The van der Waals surface area contributed by atoms with Crippen LogP contribution in [0.5, 0.6) is 0 Å². The van der Waals surface area contributed by atoms with E-state index in [2.05, 4.69) is 4.98 Å². The summed E-state index contributed by atoms with van der Waals surface area (Å²) in [6, 6.07) is 5.88. The van der Waals surface area contributed by atoms with Gasteiger partial charge in [-0.2, -0.15) is 0 Å². The Balaban J connectivity index is 1.48. The Labute approximate surface area is 164 Å². The van der Waals surface area contributed by atoms with Crippen molar-refractivity contribution < 1.29 is 19.2 Å². The fourth-order valence-electron chi connectivity index (χ4n) is 4.93. The Bertz CT molecular complexity index is 940. The van der Waals surface area contributed by atoms with Gasteiger partial charge in [-0.25, -0.2) is 9.78 Å². The van der Waals surface area contributed by atoms with Gasteiger partial charge in [0.2, 0.25) is 0 Å². The molecule has 1 saturated carbocycles. The van der Waals surface area contributed by atoms with Crippen LogP contribution in [0.3, 0.4) is 0 Å². The highest BCUT2D eigenvalue weighted by atomic mass is 16.7. The molecule has 5 rings (SSSR count). The molecule has 1 aromatic heterocycles. The third-order valence-corrected chi connectivity index (χ3v) is 7.14. The molecule has 2 aromatic rings. The Hall–Kier alpha value is -2.06. The summed E-state index contributed by atoms with van der Waals surface area (Å²) in [5.41, 5.74) is 1.87. The van der Waals surface area contributed by atoms with Crippen LogP contribution in [0.15, 0.2) is 18.2 Å². The zero-order chi connectivity index (χ0) is 19.8. The molecule has 3 heterocycles. The SMILES string of the molecule is CC1(C)OB(c2ccc3nc([C@H]4[C@@H]5CC[C@@H](C5)N4C(=O)O)[nH]c3c2)OC1(C)C. The molecule has 28 heavy (non-hydrogen) atoms. The van der Waals surface area contributed by atoms with E-state index in [-0.39, 0.29) is 12.1 Å². The minimum Gasteiger partial charge on any atom is -0.465 e. The Morgan fingerprint density at radius 1 is 1.25 bits per heavy atom. The van der Waals surface area contributed by atoms with E-state index in [4.69, 9.17) is 14.3 Å². The maximum absolute atomic E-state index is 11.8. The van der Waals surface area contributed by atoms with Crippen LogP contribution in [-0.4, -0.2) is 50.4 Å². The topological polar surface area (TPSA) is 87.7 Å². The number of imidazole rings is 1. The molecule has 0 spiro atoms. The van der Waals surface area contributed by atoms with Crippen molar-refractivity contribution >= 4 is 29.7 Å². The predicted molar refractivity (Wildman–Crippen MR) is 106 cm³/mol. The van der Waals surface area contributed by atoms with E-state index in [0.717, 1.165) is 41.6 Å². The van der Waals surface area contributed by atoms with Gasteiger partial charge >= 0.3 is 13.2 Å². The fraction of sp³-hybridized carbons (Fsp3) is 0.600. The molecule has 3 fully saturated rings. The van der Waals surface area contributed by atoms with Gasteiger partial charge in [0.1, 0.15) is 5.82 Å². The van der Waals surface area contributed by atoms with Crippen molar-refractivity contribution in [3.8, 4) is 0 Å². The summed E-state index contributed by atoms with van der Waals surface area (Å²) < 4.78 is 12.3. The van der Waals surface area contributed by atoms with E-state index in [0.29, 0.717) is 5.92 Å². The summed E-state index contributed by atoms with van der Waals surface area (Å²) in [5, 5.41) is 9.68. The molecule has 2 saturated heterocycles. The third-order valence-electron chi connectivity index (χ3n) is 7.14. The molecule has 148 valence electrons. The number of hydrogen-bond donors (Lipinski definition) is 2.